The highest BCUT2D eigenvalue weighted by Gasteiger charge is 2.22. The van der Waals surface area contributed by atoms with Gasteiger partial charge >= 0.3 is 0 Å². The van der Waals surface area contributed by atoms with Gasteiger partial charge in [0.05, 0.1) is 26.9 Å². The van der Waals surface area contributed by atoms with Crippen molar-refractivity contribution in [1.29, 1.82) is 0 Å². The highest BCUT2D eigenvalue weighted by molar-refractivity contribution is 5.79. The number of aromatic nitrogens is 1. The summed E-state index contributed by atoms with van der Waals surface area (Å²) in [5.41, 5.74) is 1.06. The highest BCUT2D eigenvalue weighted by atomic mass is 16.5. The van der Waals surface area contributed by atoms with Gasteiger partial charge in [0.15, 0.2) is 5.96 Å². The fourth-order valence-corrected chi connectivity index (χ4v) is 3.20. The van der Waals surface area contributed by atoms with Crippen molar-refractivity contribution in [2.24, 2.45) is 10.9 Å². The van der Waals surface area contributed by atoms with Crippen LogP contribution >= 0.6 is 0 Å². The van der Waals surface area contributed by atoms with Gasteiger partial charge in [-0.2, -0.15) is 0 Å². The van der Waals surface area contributed by atoms with Gasteiger partial charge in [-0.25, -0.2) is 9.98 Å². The Morgan fingerprint density at radius 3 is 2.67 bits per heavy atom. The van der Waals surface area contributed by atoms with Gasteiger partial charge in [-0.05, 0) is 24.8 Å². The van der Waals surface area contributed by atoms with Crippen molar-refractivity contribution in [2.45, 2.75) is 39.8 Å². The Hall–Kier alpha value is -1.86. The molecule has 7 nitrogen and oxygen atoms in total. The number of rotatable bonds is 9. The van der Waals surface area contributed by atoms with Crippen molar-refractivity contribution < 1.29 is 9.47 Å². The predicted octanol–water partition coefficient (Wildman–Crippen LogP) is 1.89. The van der Waals surface area contributed by atoms with Gasteiger partial charge in [0.1, 0.15) is 0 Å². The number of pyridine rings is 1. The average Bonchev–Trinajstić information content (AvgIpc) is 2.69. The van der Waals surface area contributed by atoms with E-state index in [4.69, 9.17) is 14.5 Å². The van der Waals surface area contributed by atoms with Gasteiger partial charge in [0.25, 0.3) is 0 Å². The molecular formula is C20H35N5O2. The number of morpholine rings is 1. The monoisotopic (exact) mass is 377 g/mol. The molecule has 7 heteroatoms. The Kier molecular flexibility index (Phi) is 9.35. The summed E-state index contributed by atoms with van der Waals surface area (Å²) in [4.78, 5) is 11.5. The second-order valence-electron chi connectivity index (χ2n) is 7.22. The Bertz CT molecular complexity index is 556. The van der Waals surface area contributed by atoms with Crippen LogP contribution in [0.25, 0.3) is 0 Å². The van der Waals surface area contributed by atoms with E-state index in [1.54, 1.807) is 13.3 Å². The zero-order valence-corrected chi connectivity index (χ0v) is 17.2. The number of nitrogens with one attached hydrogen (secondary N) is 2. The smallest absolute Gasteiger partial charge is 0.212 e. The molecule has 2 N–H and O–H groups in total. The molecule has 0 amide bonds. The summed E-state index contributed by atoms with van der Waals surface area (Å²) < 4.78 is 10.6. The molecule has 0 aromatic carbocycles. The Morgan fingerprint density at radius 1 is 1.30 bits per heavy atom. The lowest BCUT2D eigenvalue weighted by Crippen LogP contribution is -2.51. The van der Waals surface area contributed by atoms with Crippen LogP contribution in [0, 0.1) is 5.92 Å². The first-order valence-electron chi connectivity index (χ1n) is 9.95. The minimum atomic E-state index is 0.486. The largest absolute Gasteiger partial charge is 0.481 e. The molecule has 1 saturated heterocycles. The molecule has 0 saturated carbocycles. The number of nitrogens with zero attached hydrogens (tertiary/aromatic N) is 3. The van der Waals surface area contributed by atoms with Gasteiger partial charge < -0.3 is 20.1 Å². The molecule has 0 radical (unpaired) electrons. The zero-order valence-electron chi connectivity index (χ0n) is 17.2. The third kappa shape index (κ3) is 7.72. The topological polar surface area (TPSA) is 71.0 Å². The van der Waals surface area contributed by atoms with Gasteiger partial charge in [0.2, 0.25) is 5.88 Å². The molecule has 1 atom stereocenters. The molecule has 0 aliphatic carbocycles. The standard InChI is InChI=1S/C20H35N5O2/c1-5-21-20(23-14-17-6-7-19(26-4)22-13-17)24-15-18(12-16(2)3)25-8-10-27-11-9-25/h6-7,13,16,18H,5,8-12,14-15H2,1-4H3,(H2,21,23,24). The Balaban J connectivity index is 1.94. The first-order chi connectivity index (χ1) is 13.1. The van der Waals surface area contributed by atoms with Crippen LogP contribution in [-0.2, 0) is 11.3 Å². The maximum atomic E-state index is 5.51. The van der Waals surface area contributed by atoms with Crippen LogP contribution in [-0.4, -0.2) is 68.4 Å². The van der Waals surface area contributed by atoms with E-state index in [1.807, 2.05) is 12.1 Å². The lowest BCUT2D eigenvalue weighted by atomic mass is 10.0. The SMILES string of the molecule is CCNC(=NCc1ccc(OC)nc1)NCC(CC(C)C)N1CCOCC1. The summed E-state index contributed by atoms with van der Waals surface area (Å²) >= 11 is 0. The van der Waals surface area contributed by atoms with E-state index in [1.165, 1.54) is 0 Å². The van der Waals surface area contributed by atoms with Crippen LogP contribution in [0.15, 0.2) is 23.3 Å². The number of hydrogen-bond donors (Lipinski definition) is 2. The van der Waals surface area contributed by atoms with Gasteiger partial charge in [-0.1, -0.05) is 19.9 Å². The first kappa shape index (κ1) is 21.4. The molecule has 0 bridgehead atoms. The lowest BCUT2D eigenvalue weighted by molar-refractivity contribution is 0.0132. The second kappa shape index (κ2) is 11.8. The fourth-order valence-electron chi connectivity index (χ4n) is 3.20. The maximum absolute atomic E-state index is 5.51. The summed E-state index contributed by atoms with van der Waals surface area (Å²) in [5, 5.41) is 6.87. The Morgan fingerprint density at radius 2 is 2.07 bits per heavy atom. The average molecular weight is 378 g/mol. The molecule has 2 rings (SSSR count). The van der Waals surface area contributed by atoms with E-state index >= 15 is 0 Å². The third-order valence-electron chi connectivity index (χ3n) is 4.58. The number of methoxy groups -OCH3 is 1. The molecule has 1 aliphatic heterocycles. The quantitative estimate of drug-likeness (QED) is 0.506. The highest BCUT2D eigenvalue weighted by Crippen LogP contribution is 2.13. The first-order valence-corrected chi connectivity index (χ1v) is 9.95. The van der Waals surface area contributed by atoms with Crippen molar-refractivity contribution in [3.05, 3.63) is 23.9 Å². The van der Waals surface area contributed by atoms with Crippen LogP contribution in [0.5, 0.6) is 5.88 Å². The molecule has 1 fully saturated rings. The summed E-state index contributed by atoms with van der Waals surface area (Å²) in [6, 6.07) is 4.34. The van der Waals surface area contributed by atoms with Crippen molar-refractivity contribution in [3.63, 3.8) is 0 Å². The summed E-state index contributed by atoms with van der Waals surface area (Å²) in [7, 11) is 1.62. The maximum Gasteiger partial charge on any atom is 0.212 e. The molecule has 1 unspecified atom stereocenters. The number of guanidine groups is 1. The summed E-state index contributed by atoms with van der Waals surface area (Å²) in [6.45, 7) is 12.6. The fraction of sp³-hybridized carbons (Fsp3) is 0.700. The number of hydrogen-bond acceptors (Lipinski definition) is 5. The van der Waals surface area contributed by atoms with Crippen LogP contribution in [0.3, 0.4) is 0 Å². The zero-order chi connectivity index (χ0) is 19.5. The van der Waals surface area contributed by atoms with Gasteiger partial charge in [-0.15, -0.1) is 0 Å². The molecular weight excluding hydrogens is 342 g/mol. The minimum absolute atomic E-state index is 0.486. The molecule has 0 spiro atoms. The molecule has 1 aliphatic rings. The van der Waals surface area contributed by atoms with Crippen molar-refractivity contribution in [1.82, 2.24) is 20.5 Å². The van der Waals surface area contributed by atoms with Crippen LogP contribution in [0.2, 0.25) is 0 Å². The van der Waals surface area contributed by atoms with Crippen molar-refractivity contribution in [2.75, 3.05) is 46.5 Å². The molecule has 1 aromatic heterocycles. The second-order valence-corrected chi connectivity index (χ2v) is 7.22. The van der Waals surface area contributed by atoms with E-state index < -0.39 is 0 Å². The molecule has 2 heterocycles. The predicted molar refractivity (Wildman–Crippen MR) is 109 cm³/mol. The van der Waals surface area contributed by atoms with Gasteiger partial charge in [-0.3, -0.25) is 4.90 Å². The van der Waals surface area contributed by atoms with E-state index in [0.29, 0.717) is 24.4 Å². The lowest BCUT2D eigenvalue weighted by Gasteiger charge is -2.35. The normalized spacial score (nSPS) is 17.0. The Labute approximate surface area is 163 Å². The van der Waals surface area contributed by atoms with Gasteiger partial charge in [0, 0.05) is 44.5 Å². The van der Waals surface area contributed by atoms with E-state index in [9.17, 15) is 0 Å². The van der Waals surface area contributed by atoms with Crippen LogP contribution in [0.4, 0.5) is 0 Å². The van der Waals surface area contributed by atoms with Crippen LogP contribution in [0.1, 0.15) is 32.8 Å². The number of aliphatic imine (C=N–C) groups is 1. The van der Waals surface area contributed by atoms with Crippen molar-refractivity contribution >= 4 is 5.96 Å². The molecule has 1 aromatic rings. The van der Waals surface area contributed by atoms with Crippen LogP contribution < -0.4 is 15.4 Å². The molecule has 152 valence electrons. The van der Waals surface area contributed by atoms with Crippen molar-refractivity contribution in [3.8, 4) is 5.88 Å². The van der Waals surface area contributed by atoms with E-state index in [0.717, 1.165) is 57.3 Å². The third-order valence-corrected chi connectivity index (χ3v) is 4.58. The summed E-state index contributed by atoms with van der Waals surface area (Å²) in [6.07, 6.45) is 2.97. The molecule has 27 heavy (non-hydrogen) atoms. The minimum Gasteiger partial charge on any atom is -0.481 e. The number of ether oxygens (including phenoxy) is 2. The van der Waals surface area contributed by atoms with E-state index in [-0.39, 0.29) is 0 Å². The summed E-state index contributed by atoms with van der Waals surface area (Å²) in [5.74, 6) is 2.12. The van der Waals surface area contributed by atoms with E-state index in [2.05, 4.69) is 41.3 Å².